The van der Waals surface area contributed by atoms with Gasteiger partial charge in [0.2, 0.25) is 12.5 Å². The minimum absolute atomic E-state index is 0.129. The molecule has 122 valence electrons. The molecular formula is C18H13F2NO3. The van der Waals surface area contributed by atoms with Crippen LogP contribution in [-0.4, -0.2) is 18.9 Å². The van der Waals surface area contributed by atoms with Crippen LogP contribution in [0.5, 0.6) is 17.2 Å². The summed E-state index contributed by atoms with van der Waals surface area (Å²) in [5.74, 6) is -0.161. The zero-order valence-electron chi connectivity index (χ0n) is 13.0. The number of pyridine rings is 1. The van der Waals surface area contributed by atoms with Gasteiger partial charge in [0.25, 0.3) is 0 Å². The normalized spacial score (nSPS) is 12.7. The molecule has 2 aromatic carbocycles. The Hall–Kier alpha value is -2.89. The number of benzene rings is 2. The Bertz CT molecular complexity index is 972. The van der Waals surface area contributed by atoms with E-state index >= 15 is 0 Å². The van der Waals surface area contributed by atoms with Gasteiger partial charge in [-0.15, -0.1) is 0 Å². The third-order valence-electron chi connectivity index (χ3n) is 4.01. The fraction of sp³-hybridized carbons (Fsp3) is 0.167. The molecule has 1 aliphatic rings. The summed E-state index contributed by atoms with van der Waals surface area (Å²) >= 11 is 0. The van der Waals surface area contributed by atoms with E-state index < -0.39 is 11.6 Å². The molecule has 0 saturated carbocycles. The second-order valence-corrected chi connectivity index (χ2v) is 5.52. The van der Waals surface area contributed by atoms with Crippen LogP contribution >= 0.6 is 0 Å². The lowest BCUT2D eigenvalue weighted by Crippen LogP contribution is -1.94. The Morgan fingerprint density at radius 1 is 1.04 bits per heavy atom. The molecule has 0 spiro atoms. The van der Waals surface area contributed by atoms with Crippen molar-refractivity contribution in [3.8, 4) is 28.5 Å². The minimum Gasteiger partial charge on any atom is -0.493 e. The van der Waals surface area contributed by atoms with Crippen LogP contribution in [0.3, 0.4) is 0 Å². The molecule has 0 N–H and O–H groups in total. The topological polar surface area (TPSA) is 40.6 Å². The fourth-order valence-corrected chi connectivity index (χ4v) is 2.81. The summed E-state index contributed by atoms with van der Waals surface area (Å²) in [6, 6.07) is 7.65. The van der Waals surface area contributed by atoms with Crippen molar-refractivity contribution in [1.29, 1.82) is 0 Å². The first-order chi connectivity index (χ1) is 11.6. The molecule has 1 aromatic heterocycles. The van der Waals surface area contributed by atoms with Crippen molar-refractivity contribution in [1.82, 2.24) is 4.98 Å². The highest BCUT2D eigenvalue weighted by Gasteiger charge is 2.21. The van der Waals surface area contributed by atoms with Crippen molar-refractivity contribution in [2.75, 3.05) is 13.9 Å². The van der Waals surface area contributed by atoms with E-state index in [0.29, 0.717) is 33.8 Å². The summed E-state index contributed by atoms with van der Waals surface area (Å²) in [5, 5.41) is 0.574. The summed E-state index contributed by atoms with van der Waals surface area (Å²) in [6.07, 6.45) is 0. The number of fused-ring (bicyclic) bond motifs is 2. The highest BCUT2D eigenvalue weighted by molar-refractivity contribution is 5.85. The lowest BCUT2D eigenvalue weighted by Gasteiger charge is -2.10. The highest BCUT2D eigenvalue weighted by atomic mass is 19.2. The van der Waals surface area contributed by atoms with Crippen LogP contribution in [-0.2, 0) is 0 Å². The van der Waals surface area contributed by atoms with Gasteiger partial charge in [-0.1, -0.05) is 0 Å². The van der Waals surface area contributed by atoms with Crippen molar-refractivity contribution in [2.24, 2.45) is 0 Å². The molecule has 0 bridgehead atoms. The van der Waals surface area contributed by atoms with Crippen LogP contribution in [0, 0.1) is 18.6 Å². The molecule has 0 atom stereocenters. The molecule has 24 heavy (non-hydrogen) atoms. The minimum atomic E-state index is -0.921. The van der Waals surface area contributed by atoms with Crippen LogP contribution in [0.2, 0.25) is 0 Å². The molecule has 0 amide bonds. The maximum absolute atomic E-state index is 13.5. The number of rotatable bonds is 2. The number of aromatic nitrogens is 1. The molecular weight excluding hydrogens is 316 g/mol. The largest absolute Gasteiger partial charge is 0.493 e. The summed E-state index contributed by atoms with van der Waals surface area (Å²) in [6.45, 7) is 1.96. The summed E-state index contributed by atoms with van der Waals surface area (Å²) in [4.78, 5) is 4.45. The number of nitrogens with zero attached hydrogens (tertiary/aromatic N) is 1. The van der Waals surface area contributed by atoms with Crippen molar-refractivity contribution >= 4 is 10.9 Å². The van der Waals surface area contributed by atoms with Crippen LogP contribution in [0.15, 0.2) is 30.3 Å². The van der Waals surface area contributed by atoms with Crippen LogP contribution in [0.4, 0.5) is 8.78 Å². The van der Waals surface area contributed by atoms with Gasteiger partial charge in [-0.3, -0.25) is 0 Å². The van der Waals surface area contributed by atoms with E-state index in [0.717, 1.165) is 23.3 Å². The van der Waals surface area contributed by atoms with E-state index in [-0.39, 0.29) is 6.79 Å². The third kappa shape index (κ3) is 2.22. The second-order valence-electron chi connectivity index (χ2n) is 5.52. The summed E-state index contributed by atoms with van der Waals surface area (Å²) in [5.41, 5.74) is 2.54. The smallest absolute Gasteiger partial charge is 0.231 e. The molecule has 1 aliphatic heterocycles. The fourth-order valence-electron chi connectivity index (χ4n) is 2.81. The number of aryl methyl sites for hydroxylation is 1. The van der Waals surface area contributed by atoms with E-state index in [1.54, 1.807) is 12.1 Å². The van der Waals surface area contributed by atoms with Crippen molar-refractivity contribution in [3.05, 3.63) is 47.5 Å². The zero-order chi connectivity index (χ0) is 16.8. The number of methoxy groups -OCH3 is 1. The molecule has 3 aromatic rings. The molecule has 2 heterocycles. The Morgan fingerprint density at radius 2 is 1.83 bits per heavy atom. The van der Waals surface area contributed by atoms with Crippen LogP contribution in [0.25, 0.3) is 22.2 Å². The Morgan fingerprint density at radius 3 is 2.62 bits per heavy atom. The first kappa shape index (κ1) is 14.7. The number of halogens is 2. The lowest BCUT2D eigenvalue weighted by atomic mass is 10.0. The predicted octanol–water partition coefficient (Wildman–Crippen LogP) is 4.23. The number of hydrogen-bond donors (Lipinski definition) is 0. The van der Waals surface area contributed by atoms with Gasteiger partial charge >= 0.3 is 0 Å². The second kappa shape index (κ2) is 5.33. The van der Waals surface area contributed by atoms with E-state index in [1.807, 2.05) is 13.0 Å². The monoisotopic (exact) mass is 329 g/mol. The summed E-state index contributed by atoms with van der Waals surface area (Å²) < 4.78 is 43.1. The Kier molecular flexibility index (Phi) is 3.26. The molecule has 0 radical (unpaired) electrons. The molecule has 4 nitrogen and oxygen atoms in total. The zero-order valence-corrected chi connectivity index (χ0v) is 13.0. The van der Waals surface area contributed by atoms with E-state index in [4.69, 9.17) is 14.2 Å². The number of ether oxygens (including phenoxy) is 3. The van der Waals surface area contributed by atoms with Gasteiger partial charge in [0.15, 0.2) is 23.1 Å². The van der Waals surface area contributed by atoms with Crippen LogP contribution < -0.4 is 14.2 Å². The maximum Gasteiger partial charge on any atom is 0.231 e. The lowest BCUT2D eigenvalue weighted by molar-refractivity contribution is 0.171. The number of hydrogen-bond acceptors (Lipinski definition) is 4. The van der Waals surface area contributed by atoms with Gasteiger partial charge in [-0.2, -0.15) is 0 Å². The summed E-state index contributed by atoms with van der Waals surface area (Å²) in [7, 11) is 1.54. The van der Waals surface area contributed by atoms with Crippen molar-refractivity contribution in [3.63, 3.8) is 0 Å². The Labute approximate surface area is 136 Å². The van der Waals surface area contributed by atoms with E-state index in [1.165, 1.54) is 7.11 Å². The standard InChI is InChI=1S/C18H13F2NO3/c1-9-3-14(21-15-7-13(20)12(19)6-11(9)15)10-4-16(22-2)18-17(5-10)23-8-24-18/h3-7H,8H2,1-2H3. The highest BCUT2D eigenvalue weighted by Crippen LogP contribution is 2.44. The van der Waals surface area contributed by atoms with Gasteiger partial charge in [0.05, 0.1) is 18.3 Å². The average Bonchev–Trinajstić information content (AvgIpc) is 3.04. The third-order valence-corrected chi connectivity index (χ3v) is 4.01. The molecule has 4 rings (SSSR count). The first-order valence-corrected chi connectivity index (χ1v) is 7.31. The molecule has 0 aliphatic carbocycles. The van der Waals surface area contributed by atoms with Gasteiger partial charge in [-0.05, 0) is 36.8 Å². The predicted molar refractivity (Wildman–Crippen MR) is 84.5 cm³/mol. The average molecular weight is 329 g/mol. The van der Waals surface area contributed by atoms with Crippen molar-refractivity contribution < 1.29 is 23.0 Å². The molecule has 0 unspecified atom stereocenters. The van der Waals surface area contributed by atoms with Crippen molar-refractivity contribution in [2.45, 2.75) is 6.92 Å². The van der Waals surface area contributed by atoms with Gasteiger partial charge in [-0.25, -0.2) is 13.8 Å². The van der Waals surface area contributed by atoms with Crippen LogP contribution in [0.1, 0.15) is 5.56 Å². The molecule has 6 heteroatoms. The Balaban J connectivity index is 1.92. The van der Waals surface area contributed by atoms with E-state index in [2.05, 4.69) is 4.98 Å². The van der Waals surface area contributed by atoms with Gasteiger partial charge in [0.1, 0.15) is 0 Å². The SMILES string of the molecule is COc1cc(-c2cc(C)c3cc(F)c(F)cc3n2)cc2c1OCO2. The van der Waals surface area contributed by atoms with Gasteiger partial charge < -0.3 is 14.2 Å². The molecule has 0 saturated heterocycles. The maximum atomic E-state index is 13.5. The first-order valence-electron chi connectivity index (χ1n) is 7.31. The van der Waals surface area contributed by atoms with E-state index in [9.17, 15) is 8.78 Å². The quantitative estimate of drug-likeness (QED) is 0.706. The molecule has 0 fully saturated rings. The van der Waals surface area contributed by atoms with Gasteiger partial charge in [0, 0.05) is 17.0 Å².